The molecule has 0 aliphatic carbocycles. The number of nitrogens with one attached hydrogen (secondary N) is 2. The third-order valence-corrected chi connectivity index (χ3v) is 3.86. The molecule has 1 amide bonds. The van der Waals surface area contributed by atoms with E-state index in [2.05, 4.69) is 20.6 Å². The molecule has 0 atom stereocenters. The number of hydrogen-bond donors (Lipinski definition) is 2. The number of rotatable bonds is 4. The van der Waals surface area contributed by atoms with Crippen LogP contribution in [0.15, 0.2) is 48.8 Å². The second-order valence-electron chi connectivity index (χ2n) is 5.88. The van der Waals surface area contributed by atoms with Gasteiger partial charge in [0, 0.05) is 23.8 Å². The Hall–Kier alpha value is -2.99. The predicted octanol–water partition coefficient (Wildman–Crippen LogP) is 4.88. The lowest BCUT2D eigenvalue weighted by Crippen LogP contribution is -2.13. The molecule has 3 rings (SSSR count). The molecule has 1 heterocycles. The van der Waals surface area contributed by atoms with Crippen molar-refractivity contribution in [3.05, 3.63) is 76.3 Å². The van der Waals surface area contributed by atoms with Gasteiger partial charge in [0.05, 0.1) is 10.6 Å². The highest BCUT2D eigenvalue weighted by Gasteiger charge is 2.09. The fourth-order valence-corrected chi connectivity index (χ4v) is 2.64. The summed E-state index contributed by atoms with van der Waals surface area (Å²) in [4.78, 5) is 20.5. The van der Waals surface area contributed by atoms with Crippen molar-refractivity contribution in [1.82, 2.24) is 9.97 Å². The van der Waals surface area contributed by atoms with Gasteiger partial charge in [-0.1, -0.05) is 17.7 Å². The van der Waals surface area contributed by atoms with Crippen LogP contribution in [0.25, 0.3) is 0 Å². The summed E-state index contributed by atoms with van der Waals surface area (Å²) in [7, 11) is 0. The zero-order valence-electron chi connectivity index (χ0n) is 14.2. The molecule has 7 heteroatoms. The van der Waals surface area contributed by atoms with Gasteiger partial charge in [0.15, 0.2) is 0 Å². The van der Waals surface area contributed by atoms with Gasteiger partial charge in [0.25, 0.3) is 5.91 Å². The monoisotopic (exact) mass is 370 g/mol. The Morgan fingerprint density at radius 2 is 1.65 bits per heavy atom. The standard InChI is InChI=1S/C19H16ClFN4O/c1-11-5-12(2)7-15(6-11)24-18(26)13-9-22-19(23-10-13)25-14-3-4-17(21)16(20)8-14/h3-10H,1-2H3,(H,24,26)(H,22,23,25). The van der Waals surface area contributed by atoms with Gasteiger partial charge in [-0.3, -0.25) is 4.79 Å². The Morgan fingerprint density at radius 1 is 1.00 bits per heavy atom. The van der Waals surface area contributed by atoms with Gasteiger partial charge in [-0.05, 0) is 55.3 Å². The molecule has 5 nitrogen and oxygen atoms in total. The molecule has 26 heavy (non-hydrogen) atoms. The summed E-state index contributed by atoms with van der Waals surface area (Å²) in [6.45, 7) is 3.93. The predicted molar refractivity (Wildman–Crippen MR) is 101 cm³/mol. The highest BCUT2D eigenvalue weighted by Crippen LogP contribution is 2.21. The molecule has 0 fully saturated rings. The Balaban J connectivity index is 1.70. The lowest BCUT2D eigenvalue weighted by atomic mass is 10.1. The number of aromatic nitrogens is 2. The van der Waals surface area contributed by atoms with Crippen LogP contribution in [0, 0.1) is 19.7 Å². The topological polar surface area (TPSA) is 66.9 Å². The van der Waals surface area contributed by atoms with Crippen molar-refractivity contribution in [3.63, 3.8) is 0 Å². The number of hydrogen-bond acceptors (Lipinski definition) is 4. The highest BCUT2D eigenvalue weighted by molar-refractivity contribution is 6.31. The Labute approximate surface area is 155 Å². The van der Waals surface area contributed by atoms with Crippen LogP contribution in [0.1, 0.15) is 21.5 Å². The van der Waals surface area contributed by atoms with Crippen LogP contribution >= 0.6 is 11.6 Å². The molecule has 0 radical (unpaired) electrons. The van der Waals surface area contributed by atoms with Crippen LogP contribution in [0.5, 0.6) is 0 Å². The fourth-order valence-electron chi connectivity index (χ4n) is 2.46. The van der Waals surface area contributed by atoms with Crippen molar-refractivity contribution < 1.29 is 9.18 Å². The van der Waals surface area contributed by atoms with Gasteiger partial charge in [-0.15, -0.1) is 0 Å². The average molecular weight is 371 g/mol. The van der Waals surface area contributed by atoms with E-state index in [1.807, 2.05) is 32.0 Å². The van der Waals surface area contributed by atoms with Crippen molar-refractivity contribution in [2.75, 3.05) is 10.6 Å². The minimum Gasteiger partial charge on any atom is -0.324 e. The molecule has 0 saturated carbocycles. The maximum atomic E-state index is 13.2. The van der Waals surface area contributed by atoms with E-state index in [4.69, 9.17) is 11.6 Å². The molecule has 132 valence electrons. The van der Waals surface area contributed by atoms with Gasteiger partial charge in [0.2, 0.25) is 5.95 Å². The molecule has 1 aromatic heterocycles. The smallest absolute Gasteiger partial charge is 0.258 e. The number of nitrogens with zero attached hydrogens (tertiary/aromatic N) is 2. The maximum Gasteiger partial charge on any atom is 0.258 e. The van der Waals surface area contributed by atoms with E-state index in [9.17, 15) is 9.18 Å². The van der Waals surface area contributed by atoms with Crippen LogP contribution in [0.4, 0.5) is 21.7 Å². The zero-order chi connectivity index (χ0) is 18.7. The van der Waals surface area contributed by atoms with Crippen LogP contribution in [0.2, 0.25) is 5.02 Å². The lowest BCUT2D eigenvalue weighted by molar-refractivity contribution is 0.102. The SMILES string of the molecule is Cc1cc(C)cc(NC(=O)c2cnc(Nc3ccc(F)c(Cl)c3)nc2)c1. The maximum absolute atomic E-state index is 13.2. The van der Waals surface area contributed by atoms with Crippen molar-refractivity contribution in [3.8, 4) is 0 Å². The molecule has 0 aliphatic heterocycles. The van der Waals surface area contributed by atoms with Crippen LogP contribution in [-0.2, 0) is 0 Å². The summed E-state index contributed by atoms with van der Waals surface area (Å²) in [5.41, 5.74) is 3.72. The number of amides is 1. The van der Waals surface area contributed by atoms with E-state index < -0.39 is 5.82 Å². The van der Waals surface area contributed by atoms with Gasteiger partial charge >= 0.3 is 0 Å². The quantitative estimate of drug-likeness (QED) is 0.686. The van der Waals surface area contributed by atoms with Crippen molar-refractivity contribution in [2.24, 2.45) is 0 Å². The van der Waals surface area contributed by atoms with Gasteiger partial charge in [-0.2, -0.15) is 0 Å². The van der Waals surface area contributed by atoms with E-state index in [0.717, 1.165) is 16.8 Å². The molecule has 0 bridgehead atoms. The van der Waals surface area contributed by atoms with Crippen molar-refractivity contribution in [2.45, 2.75) is 13.8 Å². The summed E-state index contributed by atoms with van der Waals surface area (Å²) < 4.78 is 13.2. The Kier molecular flexibility index (Phi) is 5.14. The van der Waals surface area contributed by atoms with E-state index in [1.165, 1.54) is 30.6 Å². The summed E-state index contributed by atoms with van der Waals surface area (Å²) in [5.74, 6) is -0.529. The molecule has 0 aliphatic rings. The molecule has 2 aromatic carbocycles. The Morgan fingerprint density at radius 3 is 2.27 bits per heavy atom. The first kappa shape index (κ1) is 17.8. The first-order valence-corrected chi connectivity index (χ1v) is 8.22. The second-order valence-corrected chi connectivity index (χ2v) is 6.29. The van der Waals surface area contributed by atoms with Gasteiger partial charge in [-0.25, -0.2) is 14.4 Å². The largest absolute Gasteiger partial charge is 0.324 e. The Bertz CT molecular complexity index is 940. The average Bonchev–Trinajstić information content (AvgIpc) is 2.58. The summed E-state index contributed by atoms with van der Waals surface area (Å²) >= 11 is 5.74. The third kappa shape index (κ3) is 4.34. The normalized spacial score (nSPS) is 10.5. The molecule has 0 spiro atoms. The number of carbonyl (C=O) groups excluding carboxylic acids is 1. The number of aryl methyl sites for hydroxylation is 2. The third-order valence-electron chi connectivity index (χ3n) is 3.57. The van der Waals surface area contributed by atoms with Gasteiger partial charge in [0.1, 0.15) is 5.82 Å². The minimum absolute atomic E-state index is 0.000513. The van der Waals surface area contributed by atoms with Gasteiger partial charge < -0.3 is 10.6 Å². The van der Waals surface area contributed by atoms with E-state index in [-0.39, 0.29) is 16.9 Å². The van der Waals surface area contributed by atoms with Crippen molar-refractivity contribution >= 4 is 34.8 Å². The van der Waals surface area contributed by atoms with Crippen molar-refractivity contribution in [1.29, 1.82) is 0 Å². The van der Waals surface area contributed by atoms with Crippen LogP contribution in [0.3, 0.4) is 0 Å². The molecular formula is C19H16ClFN4O. The number of benzene rings is 2. The number of anilines is 3. The summed E-state index contributed by atoms with van der Waals surface area (Å²) in [6.07, 6.45) is 2.83. The molecule has 3 aromatic rings. The van der Waals surface area contributed by atoms with Crippen LogP contribution in [-0.4, -0.2) is 15.9 Å². The van der Waals surface area contributed by atoms with E-state index in [1.54, 1.807) is 0 Å². The lowest BCUT2D eigenvalue weighted by Gasteiger charge is -2.08. The molecule has 0 saturated heterocycles. The number of halogens is 2. The minimum atomic E-state index is -0.503. The molecule has 0 unspecified atom stereocenters. The highest BCUT2D eigenvalue weighted by atomic mass is 35.5. The first-order valence-electron chi connectivity index (χ1n) is 7.84. The number of carbonyl (C=O) groups is 1. The van der Waals surface area contributed by atoms with Crippen LogP contribution < -0.4 is 10.6 Å². The second kappa shape index (κ2) is 7.49. The fraction of sp³-hybridized carbons (Fsp3) is 0.105. The summed E-state index contributed by atoms with van der Waals surface area (Å²) in [6, 6.07) is 10.0. The molecular weight excluding hydrogens is 355 g/mol. The summed E-state index contributed by atoms with van der Waals surface area (Å²) in [5, 5.41) is 5.72. The first-order chi connectivity index (χ1) is 12.4. The van der Waals surface area contributed by atoms with E-state index >= 15 is 0 Å². The zero-order valence-corrected chi connectivity index (χ0v) is 14.9. The van der Waals surface area contributed by atoms with E-state index in [0.29, 0.717) is 11.3 Å². The molecule has 2 N–H and O–H groups in total.